The van der Waals surface area contributed by atoms with Crippen molar-refractivity contribution in [2.45, 2.75) is 13.3 Å². The van der Waals surface area contributed by atoms with Gasteiger partial charge in [-0.15, -0.1) is 0 Å². The molecule has 98 valence electrons. The number of halogens is 1. The molecule has 0 radical (unpaired) electrons. The van der Waals surface area contributed by atoms with E-state index in [0.717, 1.165) is 24.6 Å². The van der Waals surface area contributed by atoms with E-state index in [1.165, 1.54) is 0 Å². The van der Waals surface area contributed by atoms with E-state index >= 15 is 0 Å². The maximum absolute atomic E-state index is 12.7. The molecule has 0 atom stereocenters. The first-order valence-corrected chi connectivity index (χ1v) is 5.58. The summed E-state index contributed by atoms with van der Waals surface area (Å²) in [4.78, 5) is 22.8. The van der Waals surface area contributed by atoms with Crippen LogP contribution >= 0.6 is 0 Å². The zero-order valence-electron chi connectivity index (χ0n) is 10.00. The number of rotatable bonds is 5. The van der Waals surface area contributed by atoms with E-state index in [4.69, 9.17) is 0 Å². The van der Waals surface area contributed by atoms with Crippen LogP contribution in [0, 0.1) is 5.82 Å². The Kier molecular flexibility index (Phi) is 5.10. The molecular weight excluding hydrogens is 239 g/mol. The van der Waals surface area contributed by atoms with Gasteiger partial charge in [-0.25, -0.2) is 4.39 Å². The lowest BCUT2D eigenvalue weighted by Crippen LogP contribution is -2.37. The lowest BCUT2D eigenvalue weighted by Gasteiger charge is -2.07. The van der Waals surface area contributed by atoms with Crippen LogP contribution in [-0.2, 0) is 4.79 Å². The van der Waals surface area contributed by atoms with Crippen LogP contribution in [-0.4, -0.2) is 30.0 Å². The van der Waals surface area contributed by atoms with E-state index in [0.29, 0.717) is 6.54 Å². The highest BCUT2D eigenvalue weighted by Gasteiger charge is 2.12. The fraction of sp³-hybridized carbons (Fsp3) is 0.333. The number of hydrogen-bond acceptors (Lipinski definition) is 3. The summed E-state index contributed by atoms with van der Waals surface area (Å²) < 4.78 is 12.7. The van der Waals surface area contributed by atoms with Crippen LogP contribution in [0.25, 0.3) is 0 Å². The first-order valence-electron chi connectivity index (χ1n) is 5.58. The molecule has 1 rings (SSSR count). The van der Waals surface area contributed by atoms with Crippen molar-refractivity contribution in [2.75, 3.05) is 13.1 Å². The first-order chi connectivity index (χ1) is 8.54. The summed E-state index contributed by atoms with van der Waals surface area (Å²) in [7, 11) is 0. The molecule has 0 saturated carbocycles. The number of carbonyl (C=O) groups excluding carboxylic acids is 2. The van der Waals surface area contributed by atoms with Crippen LogP contribution in [0.2, 0.25) is 0 Å². The van der Waals surface area contributed by atoms with Gasteiger partial charge in [-0.3, -0.25) is 9.59 Å². The summed E-state index contributed by atoms with van der Waals surface area (Å²) in [6, 6.07) is 3.06. The van der Waals surface area contributed by atoms with Gasteiger partial charge in [-0.2, -0.15) is 0 Å². The Morgan fingerprint density at radius 1 is 1.33 bits per heavy atom. The summed E-state index contributed by atoms with van der Waals surface area (Å²) >= 11 is 0. The van der Waals surface area contributed by atoms with Crippen LogP contribution in [0.1, 0.15) is 23.7 Å². The number of aromatic hydroxyl groups is 1. The Labute approximate surface area is 104 Å². The minimum Gasteiger partial charge on any atom is -0.507 e. The van der Waals surface area contributed by atoms with Gasteiger partial charge < -0.3 is 15.7 Å². The lowest BCUT2D eigenvalue weighted by atomic mass is 10.2. The summed E-state index contributed by atoms with van der Waals surface area (Å²) in [5, 5.41) is 14.3. The van der Waals surface area contributed by atoms with Crippen molar-refractivity contribution in [3.63, 3.8) is 0 Å². The molecule has 0 spiro atoms. The van der Waals surface area contributed by atoms with Gasteiger partial charge in [0.15, 0.2) is 0 Å². The van der Waals surface area contributed by atoms with Crippen LogP contribution in [0.5, 0.6) is 5.75 Å². The maximum Gasteiger partial charge on any atom is 0.255 e. The molecule has 0 aromatic heterocycles. The number of hydrogen-bond donors (Lipinski definition) is 3. The van der Waals surface area contributed by atoms with E-state index in [9.17, 15) is 19.1 Å². The maximum atomic E-state index is 12.7. The molecule has 1 aromatic rings. The van der Waals surface area contributed by atoms with Crippen LogP contribution in [0.15, 0.2) is 18.2 Å². The second kappa shape index (κ2) is 6.58. The highest BCUT2D eigenvalue weighted by molar-refractivity contribution is 5.98. The Bertz CT molecular complexity index is 449. The summed E-state index contributed by atoms with van der Waals surface area (Å²) in [6.45, 7) is 2.27. The molecule has 2 amide bonds. The molecule has 0 aliphatic rings. The van der Waals surface area contributed by atoms with Gasteiger partial charge in [-0.1, -0.05) is 6.92 Å². The van der Waals surface area contributed by atoms with Crippen molar-refractivity contribution in [3.8, 4) is 5.75 Å². The van der Waals surface area contributed by atoms with E-state index in [1.807, 2.05) is 6.92 Å². The van der Waals surface area contributed by atoms with Crippen LogP contribution < -0.4 is 10.6 Å². The molecule has 0 bridgehead atoms. The van der Waals surface area contributed by atoms with Crippen molar-refractivity contribution in [1.82, 2.24) is 10.6 Å². The summed E-state index contributed by atoms with van der Waals surface area (Å²) in [5.41, 5.74) is -0.0697. The van der Waals surface area contributed by atoms with Gasteiger partial charge in [0.05, 0.1) is 12.1 Å². The lowest BCUT2D eigenvalue weighted by molar-refractivity contribution is -0.120. The predicted octanol–water partition coefficient (Wildman–Crippen LogP) is 0.787. The van der Waals surface area contributed by atoms with Gasteiger partial charge >= 0.3 is 0 Å². The van der Waals surface area contributed by atoms with E-state index < -0.39 is 17.5 Å². The molecule has 5 nitrogen and oxygen atoms in total. The monoisotopic (exact) mass is 254 g/mol. The Balaban J connectivity index is 2.53. The third kappa shape index (κ3) is 4.04. The standard InChI is InChI=1S/C12H15FN2O3/c1-2-5-14-11(17)7-15-12(18)9-4-3-8(13)6-10(9)16/h3-4,6,16H,2,5,7H2,1H3,(H,14,17)(H,15,18). The molecule has 0 unspecified atom stereocenters. The normalized spacial score (nSPS) is 9.89. The smallest absolute Gasteiger partial charge is 0.255 e. The van der Waals surface area contributed by atoms with Crippen LogP contribution in [0.4, 0.5) is 4.39 Å². The van der Waals surface area contributed by atoms with Crippen molar-refractivity contribution in [1.29, 1.82) is 0 Å². The van der Waals surface area contributed by atoms with E-state index in [2.05, 4.69) is 10.6 Å². The highest BCUT2D eigenvalue weighted by atomic mass is 19.1. The van der Waals surface area contributed by atoms with E-state index in [-0.39, 0.29) is 18.0 Å². The predicted molar refractivity (Wildman–Crippen MR) is 63.7 cm³/mol. The minimum absolute atomic E-state index is 0.0697. The second-order valence-corrected chi connectivity index (χ2v) is 3.69. The largest absolute Gasteiger partial charge is 0.507 e. The fourth-order valence-electron chi connectivity index (χ4n) is 1.28. The van der Waals surface area contributed by atoms with Gasteiger partial charge in [-0.05, 0) is 18.6 Å². The number of carbonyl (C=O) groups is 2. The summed E-state index contributed by atoms with van der Waals surface area (Å²) in [5.74, 6) is -2.03. The van der Waals surface area contributed by atoms with Gasteiger partial charge in [0.2, 0.25) is 5.91 Å². The van der Waals surface area contributed by atoms with Gasteiger partial charge in [0, 0.05) is 12.6 Å². The molecule has 0 aliphatic heterocycles. The molecule has 18 heavy (non-hydrogen) atoms. The zero-order chi connectivity index (χ0) is 13.5. The average Bonchev–Trinajstić information content (AvgIpc) is 2.33. The molecule has 3 N–H and O–H groups in total. The van der Waals surface area contributed by atoms with Gasteiger partial charge in [0.1, 0.15) is 11.6 Å². The topological polar surface area (TPSA) is 78.4 Å². The third-order valence-corrected chi connectivity index (χ3v) is 2.19. The second-order valence-electron chi connectivity index (χ2n) is 3.69. The average molecular weight is 254 g/mol. The molecule has 6 heteroatoms. The molecule has 0 saturated heterocycles. The molecular formula is C12H15FN2O3. The number of benzene rings is 1. The highest BCUT2D eigenvalue weighted by Crippen LogP contribution is 2.17. The molecule has 1 aromatic carbocycles. The minimum atomic E-state index is -0.635. The van der Waals surface area contributed by atoms with Crippen molar-refractivity contribution in [2.24, 2.45) is 0 Å². The number of amides is 2. The third-order valence-electron chi connectivity index (χ3n) is 2.19. The van der Waals surface area contributed by atoms with Crippen molar-refractivity contribution < 1.29 is 19.1 Å². The van der Waals surface area contributed by atoms with Gasteiger partial charge in [0.25, 0.3) is 5.91 Å². The quantitative estimate of drug-likeness (QED) is 0.726. The first kappa shape index (κ1) is 14.0. The Hall–Kier alpha value is -2.11. The number of phenolic OH excluding ortho intramolecular Hbond substituents is 1. The molecule has 0 heterocycles. The van der Waals surface area contributed by atoms with Crippen molar-refractivity contribution in [3.05, 3.63) is 29.6 Å². The van der Waals surface area contributed by atoms with Crippen LogP contribution in [0.3, 0.4) is 0 Å². The van der Waals surface area contributed by atoms with Crippen molar-refractivity contribution >= 4 is 11.8 Å². The van der Waals surface area contributed by atoms with E-state index in [1.54, 1.807) is 0 Å². The SMILES string of the molecule is CCCNC(=O)CNC(=O)c1ccc(F)cc1O. The number of phenols is 1. The zero-order valence-corrected chi connectivity index (χ0v) is 10.00. The Morgan fingerprint density at radius 3 is 2.67 bits per heavy atom. The number of nitrogens with one attached hydrogen (secondary N) is 2. The summed E-state index contributed by atoms with van der Waals surface area (Å²) in [6.07, 6.45) is 0.804. The fourth-order valence-corrected chi connectivity index (χ4v) is 1.28. The Morgan fingerprint density at radius 2 is 2.06 bits per heavy atom. The molecule has 0 aliphatic carbocycles. The molecule has 0 fully saturated rings.